The summed E-state index contributed by atoms with van der Waals surface area (Å²) in [5.41, 5.74) is 10.1. The highest BCUT2D eigenvalue weighted by Crippen LogP contribution is 2.26. The Balaban J connectivity index is 2.00. The van der Waals surface area contributed by atoms with E-state index in [0.29, 0.717) is 21.8 Å². The van der Waals surface area contributed by atoms with E-state index in [1.54, 1.807) is 18.2 Å². The molecule has 2 nitrogen and oxygen atoms in total. The van der Waals surface area contributed by atoms with Crippen LogP contribution in [0, 0.1) is 0 Å². The number of nitrogen functional groups attached to an aromatic ring is 1. The maximum Gasteiger partial charge on any atom is 0.194 e. The number of carbonyl (C=O) groups is 1. The average molecular weight is 286 g/mol. The van der Waals surface area contributed by atoms with Crippen molar-refractivity contribution in [2.75, 3.05) is 5.73 Å². The van der Waals surface area contributed by atoms with Crippen molar-refractivity contribution in [1.29, 1.82) is 0 Å². The van der Waals surface area contributed by atoms with Crippen molar-refractivity contribution in [3.05, 3.63) is 63.7 Å². The van der Waals surface area contributed by atoms with Crippen LogP contribution >= 0.6 is 11.6 Å². The van der Waals surface area contributed by atoms with Crippen molar-refractivity contribution in [3.63, 3.8) is 0 Å². The molecule has 0 saturated carbocycles. The van der Waals surface area contributed by atoms with Gasteiger partial charge in [-0.3, -0.25) is 4.79 Å². The number of carbonyl (C=O) groups excluding carboxylic acids is 1. The normalized spacial score (nSPS) is 13.8. The number of nitrogens with two attached hydrogens (primary N) is 1. The molecule has 1 aliphatic carbocycles. The Kier molecular flexibility index (Phi) is 3.49. The summed E-state index contributed by atoms with van der Waals surface area (Å²) < 4.78 is 0. The first-order valence-electron chi connectivity index (χ1n) is 6.86. The van der Waals surface area contributed by atoms with Gasteiger partial charge in [-0.25, -0.2) is 0 Å². The number of fused-ring (bicyclic) bond motifs is 1. The van der Waals surface area contributed by atoms with Gasteiger partial charge in [0.2, 0.25) is 0 Å². The second-order valence-electron chi connectivity index (χ2n) is 5.26. The molecule has 0 saturated heterocycles. The van der Waals surface area contributed by atoms with Crippen LogP contribution in [0.4, 0.5) is 5.69 Å². The lowest BCUT2D eigenvalue weighted by atomic mass is 9.89. The van der Waals surface area contributed by atoms with Crippen molar-refractivity contribution < 1.29 is 4.79 Å². The summed E-state index contributed by atoms with van der Waals surface area (Å²) in [6.07, 6.45) is 4.61. The molecule has 2 N–H and O–H groups in total. The van der Waals surface area contributed by atoms with E-state index in [1.807, 2.05) is 12.1 Å². The molecule has 0 heterocycles. The Morgan fingerprint density at radius 2 is 1.75 bits per heavy atom. The van der Waals surface area contributed by atoms with Gasteiger partial charge < -0.3 is 5.73 Å². The zero-order chi connectivity index (χ0) is 14.1. The van der Waals surface area contributed by atoms with Gasteiger partial charge in [-0.15, -0.1) is 0 Å². The Morgan fingerprint density at radius 1 is 1.00 bits per heavy atom. The van der Waals surface area contributed by atoms with Crippen LogP contribution in [-0.2, 0) is 12.8 Å². The summed E-state index contributed by atoms with van der Waals surface area (Å²) >= 11 is 6.11. The van der Waals surface area contributed by atoms with Crippen molar-refractivity contribution in [2.24, 2.45) is 0 Å². The molecule has 0 atom stereocenters. The van der Waals surface area contributed by atoms with Crippen molar-refractivity contribution in [1.82, 2.24) is 0 Å². The number of halogens is 1. The molecule has 2 aromatic rings. The minimum absolute atomic E-state index is 0.0596. The van der Waals surface area contributed by atoms with Crippen LogP contribution in [0.25, 0.3) is 0 Å². The molecule has 2 aromatic carbocycles. The highest BCUT2D eigenvalue weighted by atomic mass is 35.5. The van der Waals surface area contributed by atoms with Gasteiger partial charge >= 0.3 is 0 Å². The quantitative estimate of drug-likeness (QED) is 0.669. The van der Waals surface area contributed by atoms with Crippen LogP contribution in [0.2, 0.25) is 5.02 Å². The average Bonchev–Trinajstić information content (AvgIpc) is 2.48. The minimum atomic E-state index is -0.0596. The van der Waals surface area contributed by atoms with Crippen molar-refractivity contribution in [2.45, 2.75) is 25.7 Å². The fourth-order valence-electron chi connectivity index (χ4n) is 2.75. The number of anilines is 1. The molecule has 1 aliphatic rings. The standard InChI is InChI=1S/C17H16ClNO/c18-16-8-7-14(19)10-15(16)17(20)13-6-5-11-3-1-2-4-12(11)9-13/h5-10H,1-4,19H2. The highest BCUT2D eigenvalue weighted by molar-refractivity contribution is 6.35. The Bertz CT molecular complexity index is 679. The topological polar surface area (TPSA) is 43.1 Å². The third-order valence-corrected chi connectivity index (χ3v) is 4.18. The van der Waals surface area contributed by atoms with E-state index in [0.717, 1.165) is 12.8 Å². The summed E-state index contributed by atoms with van der Waals surface area (Å²) in [5.74, 6) is -0.0596. The summed E-state index contributed by atoms with van der Waals surface area (Å²) in [7, 11) is 0. The number of hydrogen-bond acceptors (Lipinski definition) is 2. The largest absolute Gasteiger partial charge is 0.399 e. The van der Waals surface area contributed by atoms with E-state index in [9.17, 15) is 4.79 Å². The monoisotopic (exact) mass is 285 g/mol. The van der Waals surface area contributed by atoms with E-state index in [-0.39, 0.29) is 5.78 Å². The zero-order valence-electron chi connectivity index (χ0n) is 11.2. The van der Waals surface area contributed by atoms with Crippen LogP contribution in [0.15, 0.2) is 36.4 Å². The Hall–Kier alpha value is -1.80. The number of benzene rings is 2. The first kappa shape index (κ1) is 13.2. The Morgan fingerprint density at radius 3 is 2.55 bits per heavy atom. The molecule has 102 valence electrons. The van der Waals surface area contributed by atoms with Crippen LogP contribution in [-0.4, -0.2) is 5.78 Å². The molecule has 0 spiro atoms. The van der Waals surface area contributed by atoms with Gasteiger partial charge in [-0.2, -0.15) is 0 Å². The number of hydrogen-bond donors (Lipinski definition) is 1. The first-order chi connectivity index (χ1) is 9.65. The molecular weight excluding hydrogens is 270 g/mol. The third kappa shape index (κ3) is 2.44. The molecule has 3 rings (SSSR count). The van der Waals surface area contributed by atoms with Gasteiger partial charge in [-0.1, -0.05) is 23.7 Å². The number of rotatable bonds is 2. The summed E-state index contributed by atoms with van der Waals surface area (Å²) in [5, 5.41) is 0.446. The predicted octanol–water partition coefficient (Wildman–Crippen LogP) is 4.03. The second-order valence-corrected chi connectivity index (χ2v) is 5.67. The lowest BCUT2D eigenvalue weighted by molar-refractivity contribution is 0.103. The van der Waals surface area contributed by atoms with E-state index < -0.39 is 0 Å². The van der Waals surface area contributed by atoms with E-state index in [1.165, 1.54) is 24.0 Å². The minimum Gasteiger partial charge on any atom is -0.399 e. The molecule has 0 bridgehead atoms. The second kappa shape index (κ2) is 5.29. The van der Waals surface area contributed by atoms with Gasteiger partial charge in [0.15, 0.2) is 5.78 Å². The van der Waals surface area contributed by atoms with Gasteiger partial charge in [-0.05, 0) is 61.1 Å². The summed E-state index contributed by atoms with van der Waals surface area (Å²) in [6, 6.07) is 11.0. The predicted molar refractivity (Wildman–Crippen MR) is 82.4 cm³/mol. The van der Waals surface area contributed by atoms with Crippen LogP contribution < -0.4 is 5.73 Å². The summed E-state index contributed by atoms with van der Waals surface area (Å²) in [6.45, 7) is 0. The van der Waals surface area contributed by atoms with E-state index in [4.69, 9.17) is 17.3 Å². The maximum atomic E-state index is 12.6. The highest BCUT2D eigenvalue weighted by Gasteiger charge is 2.16. The van der Waals surface area contributed by atoms with Crippen molar-refractivity contribution >= 4 is 23.1 Å². The molecule has 0 aliphatic heterocycles. The molecule has 0 radical (unpaired) electrons. The molecule has 0 amide bonds. The number of aryl methyl sites for hydroxylation is 2. The van der Waals surface area contributed by atoms with Gasteiger partial charge in [0.05, 0.1) is 5.02 Å². The maximum absolute atomic E-state index is 12.6. The fourth-order valence-corrected chi connectivity index (χ4v) is 2.95. The van der Waals surface area contributed by atoms with Crippen molar-refractivity contribution in [3.8, 4) is 0 Å². The van der Waals surface area contributed by atoms with E-state index >= 15 is 0 Å². The molecular formula is C17H16ClNO. The lowest BCUT2D eigenvalue weighted by Gasteiger charge is -2.16. The third-order valence-electron chi connectivity index (χ3n) is 3.85. The van der Waals surface area contributed by atoms with Crippen LogP contribution in [0.1, 0.15) is 39.9 Å². The Labute approximate surface area is 123 Å². The van der Waals surface area contributed by atoms with Gasteiger partial charge in [0, 0.05) is 16.8 Å². The van der Waals surface area contributed by atoms with Gasteiger partial charge in [0.1, 0.15) is 0 Å². The van der Waals surface area contributed by atoms with E-state index in [2.05, 4.69) is 6.07 Å². The van der Waals surface area contributed by atoms with Gasteiger partial charge in [0.25, 0.3) is 0 Å². The smallest absolute Gasteiger partial charge is 0.194 e. The molecule has 0 fully saturated rings. The van der Waals surface area contributed by atoms with Crippen LogP contribution in [0.5, 0.6) is 0 Å². The fraction of sp³-hybridized carbons (Fsp3) is 0.235. The molecule has 0 unspecified atom stereocenters. The lowest BCUT2D eigenvalue weighted by Crippen LogP contribution is -2.07. The summed E-state index contributed by atoms with van der Waals surface area (Å²) in [4.78, 5) is 12.6. The first-order valence-corrected chi connectivity index (χ1v) is 7.24. The SMILES string of the molecule is Nc1ccc(Cl)c(C(=O)c2ccc3c(c2)CCCC3)c1. The molecule has 0 aromatic heterocycles. The number of ketones is 1. The van der Waals surface area contributed by atoms with Crippen LogP contribution in [0.3, 0.4) is 0 Å². The molecule has 20 heavy (non-hydrogen) atoms. The molecule has 3 heteroatoms. The zero-order valence-corrected chi connectivity index (χ0v) is 11.9.